The molecule has 0 fully saturated rings. The maximum absolute atomic E-state index is 13.3. The summed E-state index contributed by atoms with van der Waals surface area (Å²) in [5, 5.41) is 0.480. The first-order chi connectivity index (χ1) is 13.1. The smallest absolute Gasteiger partial charge is 0.256 e. The van der Waals surface area contributed by atoms with Crippen LogP contribution in [0.1, 0.15) is 38.8 Å². The van der Waals surface area contributed by atoms with E-state index in [0.29, 0.717) is 23.7 Å². The second-order valence-corrected chi connectivity index (χ2v) is 7.12. The Labute approximate surface area is 162 Å². The molecule has 0 saturated carbocycles. The molecule has 1 aliphatic rings. The maximum atomic E-state index is 13.3. The molecule has 1 aromatic heterocycles. The number of fused-ring (bicyclic) bond motifs is 1. The van der Waals surface area contributed by atoms with Gasteiger partial charge in [-0.2, -0.15) is 0 Å². The van der Waals surface area contributed by atoms with E-state index in [-0.39, 0.29) is 11.8 Å². The third kappa shape index (κ3) is 3.19. The summed E-state index contributed by atoms with van der Waals surface area (Å²) in [7, 11) is 1.65. The van der Waals surface area contributed by atoms with E-state index in [4.69, 9.17) is 16.3 Å². The molecule has 1 aliphatic heterocycles. The first-order valence-electron chi connectivity index (χ1n) is 8.79. The van der Waals surface area contributed by atoms with Gasteiger partial charge < -0.3 is 14.6 Å². The predicted octanol–water partition coefficient (Wildman–Crippen LogP) is 4.17. The minimum absolute atomic E-state index is 0.0261. The Bertz CT molecular complexity index is 978. The van der Waals surface area contributed by atoms with Crippen molar-refractivity contribution in [2.24, 2.45) is 0 Å². The van der Waals surface area contributed by atoms with E-state index in [1.165, 1.54) is 0 Å². The number of carbonyl (C=O) groups is 1. The quantitative estimate of drug-likeness (QED) is 0.740. The van der Waals surface area contributed by atoms with Crippen LogP contribution in [0.15, 0.2) is 48.8 Å². The van der Waals surface area contributed by atoms with Gasteiger partial charge in [-0.05, 0) is 36.2 Å². The standard InChI is InChI=1S/C21H20ClN3O2/c1-13-5-3-8-17(22)19(13)21(26)25-10-16(20-18(11-25)23-12-24-20)14-6-4-7-15(9-14)27-2/h3-9,12,16H,10-11H2,1-2H3,(H,23,24). The van der Waals surface area contributed by atoms with Gasteiger partial charge in [-0.3, -0.25) is 4.79 Å². The molecule has 0 aliphatic carbocycles. The molecule has 0 bridgehead atoms. The molecular formula is C21H20ClN3O2. The summed E-state index contributed by atoms with van der Waals surface area (Å²) in [5.74, 6) is 0.697. The van der Waals surface area contributed by atoms with Gasteiger partial charge in [0.2, 0.25) is 0 Å². The Balaban J connectivity index is 1.72. The molecule has 0 saturated heterocycles. The van der Waals surface area contributed by atoms with Gasteiger partial charge >= 0.3 is 0 Å². The molecule has 2 heterocycles. The summed E-state index contributed by atoms with van der Waals surface area (Å²) in [5.41, 5.74) is 4.43. The number of nitrogens with one attached hydrogen (secondary N) is 1. The van der Waals surface area contributed by atoms with E-state index in [1.54, 1.807) is 19.5 Å². The average Bonchev–Trinajstić information content (AvgIpc) is 3.15. The molecule has 1 amide bonds. The van der Waals surface area contributed by atoms with Crippen molar-refractivity contribution >= 4 is 17.5 Å². The van der Waals surface area contributed by atoms with Gasteiger partial charge in [-0.15, -0.1) is 0 Å². The topological polar surface area (TPSA) is 58.2 Å². The Morgan fingerprint density at radius 3 is 2.89 bits per heavy atom. The predicted molar refractivity (Wildman–Crippen MR) is 104 cm³/mol. The number of halogens is 1. The van der Waals surface area contributed by atoms with Crippen LogP contribution in [0.25, 0.3) is 0 Å². The fraction of sp³-hybridized carbons (Fsp3) is 0.238. The molecule has 3 aromatic rings. The monoisotopic (exact) mass is 381 g/mol. The van der Waals surface area contributed by atoms with Crippen LogP contribution in [0.4, 0.5) is 0 Å². The summed E-state index contributed by atoms with van der Waals surface area (Å²) < 4.78 is 5.36. The van der Waals surface area contributed by atoms with Crippen LogP contribution in [0.3, 0.4) is 0 Å². The highest BCUT2D eigenvalue weighted by molar-refractivity contribution is 6.34. The van der Waals surface area contributed by atoms with Crippen molar-refractivity contribution in [2.75, 3.05) is 13.7 Å². The number of aromatic amines is 1. The van der Waals surface area contributed by atoms with Crippen LogP contribution in [-0.2, 0) is 6.54 Å². The Hall–Kier alpha value is -2.79. The molecule has 0 radical (unpaired) electrons. The normalized spacial score (nSPS) is 16.1. The molecule has 4 rings (SSSR count). The van der Waals surface area contributed by atoms with E-state index in [0.717, 1.165) is 28.3 Å². The van der Waals surface area contributed by atoms with Crippen molar-refractivity contribution in [3.05, 3.63) is 81.9 Å². The molecule has 0 spiro atoms. The minimum atomic E-state index is -0.0637. The fourth-order valence-corrected chi connectivity index (χ4v) is 3.96. The number of rotatable bonds is 3. The Morgan fingerprint density at radius 1 is 1.30 bits per heavy atom. The summed E-state index contributed by atoms with van der Waals surface area (Å²) in [4.78, 5) is 22.8. The summed E-state index contributed by atoms with van der Waals surface area (Å²) in [6, 6.07) is 13.4. The lowest BCUT2D eigenvalue weighted by Crippen LogP contribution is -2.39. The number of aromatic nitrogens is 2. The molecule has 1 unspecified atom stereocenters. The number of imidazole rings is 1. The molecule has 138 valence electrons. The van der Waals surface area contributed by atoms with Gasteiger partial charge in [0.15, 0.2) is 0 Å². The van der Waals surface area contributed by atoms with Crippen LogP contribution in [-0.4, -0.2) is 34.4 Å². The third-order valence-corrected chi connectivity index (χ3v) is 5.37. The van der Waals surface area contributed by atoms with Gasteiger partial charge in [0, 0.05) is 12.5 Å². The van der Waals surface area contributed by atoms with Crippen molar-refractivity contribution in [1.82, 2.24) is 14.9 Å². The largest absolute Gasteiger partial charge is 0.497 e. The van der Waals surface area contributed by atoms with E-state index >= 15 is 0 Å². The first-order valence-corrected chi connectivity index (χ1v) is 9.16. The van der Waals surface area contributed by atoms with Crippen LogP contribution in [0.2, 0.25) is 5.02 Å². The number of ether oxygens (including phenoxy) is 1. The molecule has 2 aromatic carbocycles. The maximum Gasteiger partial charge on any atom is 0.256 e. The molecule has 27 heavy (non-hydrogen) atoms. The minimum Gasteiger partial charge on any atom is -0.497 e. The lowest BCUT2D eigenvalue weighted by molar-refractivity contribution is 0.0721. The number of nitrogens with zero attached hydrogens (tertiary/aromatic N) is 2. The van der Waals surface area contributed by atoms with Gasteiger partial charge in [-0.1, -0.05) is 35.9 Å². The number of benzene rings is 2. The van der Waals surface area contributed by atoms with E-state index in [2.05, 4.69) is 9.97 Å². The number of amides is 1. The summed E-state index contributed by atoms with van der Waals surface area (Å²) in [6.45, 7) is 2.93. The third-order valence-electron chi connectivity index (χ3n) is 5.05. The molecule has 6 heteroatoms. The lowest BCUT2D eigenvalue weighted by Gasteiger charge is -2.33. The summed E-state index contributed by atoms with van der Waals surface area (Å²) >= 11 is 6.33. The number of hydrogen-bond acceptors (Lipinski definition) is 3. The molecule has 1 atom stereocenters. The second kappa shape index (κ2) is 7.08. The SMILES string of the molecule is COc1cccc(C2CN(C(=O)c3c(C)cccc3Cl)Cc3[nH]cnc32)c1. The zero-order chi connectivity index (χ0) is 19.0. The van der Waals surface area contributed by atoms with Crippen molar-refractivity contribution < 1.29 is 9.53 Å². The lowest BCUT2D eigenvalue weighted by atomic mass is 9.90. The van der Waals surface area contributed by atoms with Gasteiger partial charge in [0.1, 0.15) is 5.75 Å². The number of H-pyrrole nitrogens is 1. The van der Waals surface area contributed by atoms with E-state index in [9.17, 15) is 4.79 Å². The highest BCUT2D eigenvalue weighted by Crippen LogP contribution is 2.34. The number of hydrogen-bond donors (Lipinski definition) is 1. The second-order valence-electron chi connectivity index (χ2n) is 6.71. The Kier molecular flexibility index (Phi) is 4.62. The van der Waals surface area contributed by atoms with Gasteiger partial charge in [-0.25, -0.2) is 4.98 Å². The van der Waals surface area contributed by atoms with Crippen LogP contribution >= 0.6 is 11.6 Å². The first kappa shape index (κ1) is 17.6. The van der Waals surface area contributed by atoms with Crippen molar-refractivity contribution in [2.45, 2.75) is 19.4 Å². The zero-order valence-electron chi connectivity index (χ0n) is 15.2. The molecule has 1 N–H and O–H groups in total. The summed E-state index contributed by atoms with van der Waals surface area (Å²) in [6.07, 6.45) is 1.69. The van der Waals surface area contributed by atoms with E-state index in [1.807, 2.05) is 48.2 Å². The van der Waals surface area contributed by atoms with Gasteiger partial charge in [0.25, 0.3) is 5.91 Å². The van der Waals surface area contributed by atoms with Crippen LogP contribution in [0, 0.1) is 6.92 Å². The van der Waals surface area contributed by atoms with Crippen molar-refractivity contribution in [3.8, 4) is 5.75 Å². The molecule has 5 nitrogen and oxygen atoms in total. The molecular weight excluding hydrogens is 362 g/mol. The number of aryl methyl sites for hydroxylation is 1. The van der Waals surface area contributed by atoms with Crippen LogP contribution in [0.5, 0.6) is 5.75 Å². The average molecular weight is 382 g/mol. The highest BCUT2D eigenvalue weighted by Gasteiger charge is 2.33. The fourth-order valence-electron chi connectivity index (χ4n) is 3.66. The van der Waals surface area contributed by atoms with Crippen molar-refractivity contribution in [3.63, 3.8) is 0 Å². The Morgan fingerprint density at radius 2 is 2.11 bits per heavy atom. The number of carbonyl (C=O) groups excluding carboxylic acids is 1. The van der Waals surface area contributed by atoms with Crippen molar-refractivity contribution in [1.29, 1.82) is 0 Å². The van der Waals surface area contributed by atoms with Crippen LogP contribution < -0.4 is 4.74 Å². The highest BCUT2D eigenvalue weighted by atomic mass is 35.5. The van der Waals surface area contributed by atoms with Gasteiger partial charge in [0.05, 0.1) is 42.0 Å². The van der Waals surface area contributed by atoms with E-state index < -0.39 is 0 Å². The zero-order valence-corrected chi connectivity index (χ0v) is 16.0. The number of methoxy groups -OCH3 is 1.